The Hall–Kier alpha value is -6.42. The quantitative estimate of drug-likeness (QED) is 0.180. The summed E-state index contributed by atoms with van der Waals surface area (Å²) in [5.41, 5.74) is 11.9. The van der Waals surface area contributed by atoms with Crippen LogP contribution in [0.3, 0.4) is 0 Å². The number of rotatable bonds is 5. The zero-order chi connectivity index (χ0) is 34.2. The van der Waals surface area contributed by atoms with E-state index in [-0.39, 0.29) is 0 Å². The molecule has 10 aromatic rings. The molecule has 0 bridgehead atoms. The fraction of sp³-hybridized carbons (Fsp3) is 0.0204. The van der Waals surface area contributed by atoms with Gasteiger partial charge in [0.15, 0.2) is 0 Å². The van der Waals surface area contributed by atoms with Crippen LogP contribution in [0.2, 0.25) is 0 Å². The van der Waals surface area contributed by atoms with E-state index in [0.29, 0.717) is 0 Å². The Kier molecular flexibility index (Phi) is 6.37. The van der Waals surface area contributed by atoms with Crippen molar-refractivity contribution in [2.24, 2.45) is 0 Å². The number of nitrogens with zero attached hydrogens (tertiary/aromatic N) is 1. The maximum Gasteiger partial charge on any atom is 0.135 e. The van der Waals surface area contributed by atoms with Crippen molar-refractivity contribution >= 4 is 70.5 Å². The van der Waals surface area contributed by atoms with E-state index in [1.807, 2.05) is 11.3 Å². The Morgan fingerprint density at radius 2 is 1.04 bits per heavy atom. The molecule has 0 amide bonds. The molecule has 0 saturated carbocycles. The summed E-state index contributed by atoms with van der Waals surface area (Å²) in [7, 11) is 0. The van der Waals surface area contributed by atoms with Crippen molar-refractivity contribution in [1.82, 2.24) is 0 Å². The van der Waals surface area contributed by atoms with E-state index in [2.05, 4.69) is 193 Å². The molecule has 11 rings (SSSR count). The van der Waals surface area contributed by atoms with Crippen molar-refractivity contribution in [1.29, 1.82) is 0 Å². The highest BCUT2D eigenvalue weighted by atomic mass is 32.1. The third-order valence-electron chi connectivity index (χ3n) is 10.9. The number of furan rings is 1. The van der Waals surface area contributed by atoms with E-state index < -0.39 is 5.41 Å². The molecule has 0 radical (unpaired) electrons. The van der Waals surface area contributed by atoms with E-state index >= 15 is 0 Å². The lowest BCUT2D eigenvalue weighted by atomic mass is 9.67. The molecule has 52 heavy (non-hydrogen) atoms. The van der Waals surface area contributed by atoms with Gasteiger partial charge in [0.05, 0.1) is 16.8 Å². The van der Waals surface area contributed by atoms with E-state index in [4.69, 9.17) is 4.42 Å². The average molecular weight is 682 g/mol. The zero-order valence-corrected chi connectivity index (χ0v) is 29.0. The molecule has 0 saturated heterocycles. The van der Waals surface area contributed by atoms with Crippen LogP contribution in [-0.2, 0) is 5.41 Å². The summed E-state index contributed by atoms with van der Waals surface area (Å²) < 4.78 is 9.31. The minimum atomic E-state index is -0.644. The van der Waals surface area contributed by atoms with E-state index in [0.717, 1.165) is 39.0 Å². The van der Waals surface area contributed by atoms with Crippen LogP contribution in [0.4, 0.5) is 17.1 Å². The van der Waals surface area contributed by atoms with Crippen LogP contribution >= 0.6 is 11.3 Å². The maximum atomic E-state index is 6.75. The van der Waals surface area contributed by atoms with Gasteiger partial charge in [0.1, 0.15) is 11.2 Å². The number of para-hydroxylation sites is 2. The number of anilines is 3. The van der Waals surface area contributed by atoms with Gasteiger partial charge in [0.25, 0.3) is 0 Å². The van der Waals surface area contributed by atoms with Gasteiger partial charge in [0.2, 0.25) is 0 Å². The molecule has 0 spiro atoms. The number of benzene rings is 8. The highest BCUT2D eigenvalue weighted by Crippen LogP contribution is 2.60. The molecule has 2 heterocycles. The topological polar surface area (TPSA) is 16.4 Å². The first-order valence-electron chi connectivity index (χ1n) is 17.8. The monoisotopic (exact) mass is 681 g/mol. The summed E-state index contributed by atoms with van der Waals surface area (Å²) in [5, 5.41) is 4.74. The Bertz CT molecular complexity index is 2930. The predicted molar refractivity (Wildman–Crippen MR) is 219 cm³/mol. The molecule has 0 aliphatic heterocycles. The molecule has 2 nitrogen and oxygen atoms in total. The first-order valence-corrected chi connectivity index (χ1v) is 18.6. The summed E-state index contributed by atoms with van der Waals surface area (Å²) in [5.74, 6) is 0. The van der Waals surface area contributed by atoms with Crippen molar-refractivity contribution < 1.29 is 4.42 Å². The van der Waals surface area contributed by atoms with E-state index in [1.165, 1.54) is 53.6 Å². The van der Waals surface area contributed by atoms with Crippen molar-refractivity contribution in [3.8, 4) is 11.1 Å². The van der Waals surface area contributed by atoms with Gasteiger partial charge >= 0.3 is 0 Å². The summed E-state index contributed by atoms with van der Waals surface area (Å²) in [6.45, 7) is 0. The second-order valence-corrected chi connectivity index (χ2v) is 14.7. The fourth-order valence-corrected chi connectivity index (χ4v) is 9.98. The maximum absolute atomic E-state index is 6.75. The molecule has 0 atom stereocenters. The molecule has 3 heteroatoms. The van der Waals surface area contributed by atoms with Gasteiger partial charge in [-0.2, -0.15) is 0 Å². The van der Waals surface area contributed by atoms with Crippen LogP contribution in [0, 0.1) is 0 Å². The fourth-order valence-electron chi connectivity index (χ4n) is 8.85. The standard InChI is InChI=1S/C49H31NOS/c1-3-16-32(17-4-1)49(39-24-11-7-20-34(39)35-21-8-12-25-40(35)49)41-31-45-38(36-22-9-13-27-44(36)51-45)30-43(41)50(33-18-5-2-6-19-33)42-26-15-29-47-48(42)37-23-10-14-28-46(37)52-47/h1-31H. The highest BCUT2D eigenvalue weighted by molar-refractivity contribution is 7.26. The molecule has 0 fully saturated rings. The third-order valence-corrected chi connectivity index (χ3v) is 12.1. The Morgan fingerprint density at radius 1 is 0.423 bits per heavy atom. The summed E-state index contributed by atoms with van der Waals surface area (Å²) in [6, 6.07) is 68.6. The SMILES string of the molecule is c1ccc(N(c2cc3c(cc2C2(c4ccccc4)c4ccccc4-c4ccccc42)oc2ccccc23)c2cccc3sc4ccccc4c23)cc1. The van der Waals surface area contributed by atoms with Crippen molar-refractivity contribution in [3.63, 3.8) is 0 Å². The van der Waals surface area contributed by atoms with Crippen LogP contribution in [-0.4, -0.2) is 0 Å². The Balaban J connectivity index is 1.36. The van der Waals surface area contributed by atoms with Crippen LogP contribution in [0.5, 0.6) is 0 Å². The Morgan fingerprint density at radius 3 is 1.81 bits per heavy atom. The van der Waals surface area contributed by atoms with Crippen LogP contribution in [0.15, 0.2) is 192 Å². The van der Waals surface area contributed by atoms with Gasteiger partial charge in [-0.15, -0.1) is 11.3 Å². The van der Waals surface area contributed by atoms with Gasteiger partial charge in [-0.3, -0.25) is 0 Å². The number of thiophene rings is 1. The molecule has 1 aliphatic rings. The highest BCUT2D eigenvalue weighted by Gasteiger charge is 2.48. The predicted octanol–water partition coefficient (Wildman–Crippen LogP) is 13.8. The number of hydrogen-bond donors (Lipinski definition) is 0. The molecule has 1 aliphatic carbocycles. The van der Waals surface area contributed by atoms with Gasteiger partial charge in [-0.1, -0.05) is 140 Å². The molecule has 244 valence electrons. The smallest absolute Gasteiger partial charge is 0.135 e. The Labute approximate surface area is 305 Å². The molecular formula is C49H31NOS. The lowest BCUT2D eigenvalue weighted by Crippen LogP contribution is -2.30. The molecule has 2 aromatic heterocycles. The summed E-state index contributed by atoms with van der Waals surface area (Å²) >= 11 is 1.85. The first kappa shape index (κ1) is 29.3. The van der Waals surface area contributed by atoms with Gasteiger partial charge in [-0.05, 0) is 81.9 Å². The minimum Gasteiger partial charge on any atom is -0.456 e. The third kappa shape index (κ3) is 4.06. The van der Waals surface area contributed by atoms with Crippen LogP contribution < -0.4 is 4.90 Å². The van der Waals surface area contributed by atoms with Gasteiger partial charge in [-0.25, -0.2) is 0 Å². The number of hydrogen-bond acceptors (Lipinski definition) is 3. The lowest BCUT2D eigenvalue weighted by Gasteiger charge is -2.38. The van der Waals surface area contributed by atoms with Gasteiger partial charge < -0.3 is 9.32 Å². The molecular weight excluding hydrogens is 651 g/mol. The van der Waals surface area contributed by atoms with Gasteiger partial charge in [0, 0.05) is 36.6 Å². The second kappa shape index (κ2) is 11.3. The largest absolute Gasteiger partial charge is 0.456 e. The van der Waals surface area contributed by atoms with E-state index in [9.17, 15) is 0 Å². The second-order valence-electron chi connectivity index (χ2n) is 13.6. The van der Waals surface area contributed by atoms with E-state index in [1.54, 1.807) is 0 Å². The lowest BCUT2D eigenvalue weighted by molar-refractivity contribution is 0.665. The van der Waals surface area contributed by atoms with Crippen molar-refractivity contribution in [2.45, 2.75) is 5.41 Å². The minimum absolute atomic E-state index is 0.644. The number of fused-ring (bicyclic) bond motifs is 9. The van der Waals surface area contributed by atoms with Crippen molar-refractivity contribution in [3.05, 3.63) is 210 Å². The average Bonchev–Trinajstić information content (AvgIpc) is 3.87. The summed E-state index contributed by atoms with van der Waals surface area (Å²) in [6.07, 6.45) is 0. The first-order chi connectivity index (χ1) is 25.8. The van der Waals surface area contributed by atoms with Crippen molar-refractivity contribution in [2.75, 3.05) is 4.90 Å². The zero-order valence-electron chi connectivity index (χ0n) is 28.2. The van der Waals surface area contributed by atoms with Crippen LogP contribution in [0.25, 0.3) is 53.2 Å². The molecule has 0 unspecified atom stereocenters. The molecule has 8 aromatic carbocycles. The summed E-state index contributed by atoms with van der Waals surface area (Å²) in [4.78, 5) is 2.51. The molecule has 0 N–H and O–H groups in total. The normalized spacial score (nSPS) is 13.2. The van der Waals surface area contributed by atoms with Crippen LogP contribution in [0.1, 0.15) is 22.3 Å².